The molecule has 3 heteroatoms. The highest BCUT2D eigenvalue weighted by Gasteiger charge is 2.18. The maximum absolute atomic E-state index is 12.6. The van der Waals surface area contributed by atoms with Gasteiger partial charge in [-0.15, -0.1) is 0 Å². The minimum atomic E-state index is -0.287. The van der Waals surface area contributed by atoms with Crippen molar-refractivity contribution in [2.45, 2.75) is 19.1 Å². The second-order valence-corrected chi connectivity index (χ2v) is 6.75. The van der Waals surface area contributed by atoms with Crippen molar-refractivity contribution in [1.82, 2.24) is 0 Å². The summed E-state index contributed by atoms with van der Waals surface area (Å²) in [5.41, 5.74) is 2.80. The fourth-order valence-corrected chi connectivity index (χ4v) is 3.08. The molecule has 0 unspecified atom stereocenters. The third-order valence-electron chi connectivity index (χ3n) is 3.98. The number of hydrogen-bond acceptors (Lipinski definition) is 2. The zero-order valence-electron chi connectivity index (χ0n) is 13.8. The second kappa shape index (κ2) is 8.75. The molecule has 0 aliphatic rings. The van der Waals surface area contributed by atoms with Crippen LogP contribution in [0.2, 0.25) is 0 Å². The molecule has 1 atom stereocenters. The molecular formula is C22H19BrO2. The van der Waals surface area contributed by atoms with Crippen molar-refractivity contribution in [3.63, 3.8) is 0 Å². The number of halogens is 1. The van der Waals surface area contributed by atoms with Gasteiger partial charge in [-0.3, -0.25) is 4.79 Å². The summed E-state index contributed by atoms with van der Waals surface area (Å²) in [6.45, 7) is 0.472. The van der Waals surface area contributed by atoms with E-state index in [1.807, 2.05) is 84.9 Å². The van der Waals surface area contributed by atoms with Crippen LogP contribution in [-0.2, 0) is 11.3 Å². The summed E-state index contributed by atoms with van der Waals surface area (Å²) in [6.07, 6.45) is 0.0261. The van der Waals surface area contributed by atoms with Crippen LogP contribution in [-0.4, -0.2) is 5.78 Å². The molecule has 0 saturated heterocycles. The number of ether oxygens (including phenoxy) is 1. The van der Waals surface area contributed by atoms with Crippen LogP contribution < -0.4 is 0 Å². The first kappa shape index (κ1) is 17.6. The molecule has 0 bridgehead atoms. The molecule has 0 aliphatic heterocycles. The van der Waals surface area contributed by atoms with Gasteiger partial charge in [0, 0.05) is 16.5 Å². The predicted molar refractivity (Wildman–Crippen MR) is 104 cm³/mol. The monoisotopic (exact) mass is 394 g/mol. The summed E-state index contributed by atoms with van der Waals surface area (Å²) in [5, 5.41) is 0. The molecule has 3 rings (SSSR count). The molecule has 0 aromatic heterocycles. The fraction of sp³-hybridized carbons (Fsp3) is 0.136. The van der Waals surface area contributed by atoms with Crippen molar-refractivity contribution in [3.8, 4) is 0 Å². The smallest absolute Gasteiger partial charge is 0.165 e. The Labute approximate surface area is 156 Å². The highest BCUT2D eigenvalue weighted by molar-refractivity contribution is 9.10. The van der Waals surface area contributed by atoms with E-state index in [-0.39, 0.29) is 11.9 Å². The molecule has 3 aromatic rings. The van der Waals surface area contributed by atoms with E-state index in [0.717, 1.165) is 15.6 Å². The minimum absolute atomic E-state index is 0.0821. The first-order chi connectivity index (χ1) is 12.2. The van der Waals surface area contributed by atoms with Crippen LogP contribution >= 0.6 is 15.9 Å². The van der Waals surface area contributed by atoms with Gasteiger partial charge < -0.3 is 4.74 Å². The van der Waals surface area contributed by atoms with E-state index in [2.05, 4.69) is 15.9 Å². The summed E-state index contributed by atoms with van der Waals surface area (Å²) < 4.78 is 7.10. The zero-order valence-corrected chi connectivity index (χ0v) is 15.4. The first-order valence-corrected chi connectivity index (χ1v) is 9.01. The van der Waals surface area contributed by atoms with Gasteiger partial charge in [0.25, 0.3) is 0 Å². The maximum Gasteiger partial charge on any atom is 0.165 e. The molecule has 126 valence electrons. The summed E-state index contributed by atoms with van der Waals surface area (Å²) in [4.78, 5) is 12.6. The number of hydrogen-bond donors (Lipinski definition) is 0. The molecule has 0 aliphatic carbocycles. The van der Waals surface area contributed by atoms with Crippen LogP contribution in [0.15, 0.2) is 89.4 Å². The second-order valence-electron chi connectivity index (χ2n) is 5.83. The Bertz CT molecular complexity index is 816. The van der Waals surface area contributed by atoms with Gasteiger partial charge >= 0.3 is 0 Å². The number of carbonyl (C=O) groups is 1. The van der Waals surface area contributed by atoms with Gasteiger partial charge in [-0.2, -0.15) is 0 Å². The van der Waals surface area contributed by atoms with Gasteiger partial charge in [-0.05, 0) is 23.3 Å². The van der Waals surface area contributed by atoms with E-state index in [0.29, 0.717) is 18.6 Å². The van der Waals surface area contributed by atoms with Gasteiger partial charge in [0.05, 0.1) is 12.7 Å². The van der Waals surface area contributed by atoms with Gasteiger partial charge in [0.15, 0.2) is 5.78 Å². The Hall–Kier alpha value is -2.23. The first-order valence-electron chi connectivity index (χ1n) is 8.21. The summed E-state index contributed by atoms with van der Waals surface area (Å²) in [6, 6.07) is 27.3. The molecule has 0 fully saturated rings. The van der Waals surface area contributed by atoms with Crippen LogP contribution in [0, 0.1) is 0 Å². The lowest BCUT2D eigenvalue weighted by Gasteiger charge is -2.18. The predicted octanol–water partition coefficient (Wildman–Crippen LogP) is 5.98. The normalized spacial score (nSPS) is 11.9. The topological polar surface area (TPSA) is 26.3 Å². The minimum Gasteiger partial charge on any atom is -0.368 e. The van der Waals surface area contributed by atoms with Crippen LogP contribution in [0.4, 0.5) is 0 Å². The van der Waals surface area contributed by atoms with E-state index in [9.17, 15) is 4.79 Å². The lowest BCUT2D eigenvalue weighted by Crippen LogP contribution is -2.11. The van der Waals surface area contributed by atoms with Gasteiger partial charge in [-0.25, -0.2) is 0 Å². The van der Waals surface area contributed by atoms with E-state index >= 15 is 0 Å². The van der Waals surface area contributed by atoms with Gasteiger partial charge in [-0.1, -0.05) is 88.7 Å². The van der Waals surface area contributed by atoms with Crippen LogP contribution in [0.25, 0.3) is 0 Å². The summed E-state index contributed by atoms with van der Waals surface area (Å²) >= 11 is 3.50. The number of rotatable bonds is 7. The Balaban J connectivity index is 1.77. The standard InChI is InChI=1S/C22H19BrO2/c23-20-13-7-12-19(14-20)22(25-16-17-8-3-1-4-9-17)15-21(24)18-10-5-2-6-11-18/h1-14,22H,15-16H2/t22-/m1/s1. The highest BCUT2D eigenvalue weighted by atomic mass is 79.9. The highest BCUT2D eigenvalue weighted by Crippen LogP contribution is 2.27. The molecule has 2 nitrogen and oxygen atoms in total. The Morgan fingerprint density at radius 3 is 2.24 bits per heavy atom. The molecule has 0 amide bonds. The summed E-state index contributed by atoms with van der Waals surface area (Å²) in [5.74, 6) is 0.0821. The van der Waals surface area contributed by atoms with Crippen molar-refractivity contribution < 1.29 is 9.53 Å². The van der Waals surface area contributed by atoms with Crippen molar-refractivity contribution in [3.05, 3.63) is 106 Å². The average Bonchev–Trinajstić information content (AvgIpc) is 2.66. The molecule has 0 heterocycles. The van der Waals surface area contributed by atoms with E-state index < -0.39 is 0 Å². The van der Waals surface area contributed by atoms with E-state index in [4.69, 9.17) is 4.74 Å². The fourth-order valence-electron chi connectivity index (χ4n) is 2.66. The molecule has 25 heavy (non-hydrogen) atoms. The van der Waals surface area contributed by atoms with Crippen LogP contribution in [0.5, 0.6) is 0 Å². The molecule has 0 saturated carbocycles. The molecule has 0 radical (unpaired) electrons. The number of Topliss-reactive ketones (excluding diaryl/α,β-unsaturated/α-hetero) is 1. The molecule has 3 aromatic carbocycles. The van der Waals surface area contributed by atoms with Crippen molar-refractivity contribution >= 4 is 21.7 Å². The number of ketones is 1. The third kappa shape index (κ3) is 5.12. The SMILES string of the molecule is O=C(C[C@@H](OCc1ccccc1)c1cccc(Br)c1)c1ccccc1. The third-order valence-corrected chi connectivity index (χ3v) is 4.47. The number of carbonyl (C=O) groups excluding carboxylic acids is 1. The average molecular weight is 395 g/mol. The largest absolute Gasteiger partial charge is 0.368 e. The summed E-state index contributed by atoms with van der Waals surface area (Å²) in [7, 11) is 0. The maximum atomic E-state index is 12.6. The van der Waals surface area contributed by atoms with Gasteiger partial charge in [0.2, 0.25) is 0 Å². The Kier molecular flexibility index (Phi) is 6.15. The molecule has 0 spiro atoms. The Morgan fingerprint density at radius 2 is 1.56 bits per heavy atom. The Morgan fingerprint density at radius 1 is 0.880 bits per heavy atom. The van der Waals surface area contributed by atoms with Crippen molar-refractivity contribution in [2.75, 3.05) is 0 Å². The quantitative estimate of drug-likeness (QED) is 0.460. The van der Waals surface area contributed by atoms with E-state index in [1.54, 1.807) is 0 Å². The lowest BCUT2D eigenvalue weighted by atomic mass is 10.00. The van der Waals surface area contributed by atoms with Crippen LogP contribution in [0.1, 0.15) is 34.0 Å². The molecular weight excluding hydrogens is 376 g/mol. The van der Waals surface area contributed by atoms with Crippen molar-refractivity contribution in [2.24, 2.45) is 0 Å². The van der Waals surface area contributed by atoms with E-state index in [1.165, 1.54) is 0 Å². The van der Waals surface area contributed by atoms with Crippen LogP contribution in [0.3, 0.4) is 0 Å². The number of benzene rings is 3. The molecule has 0 N–H and O–H groups in total. The van der Waals surface area contributed by atoms with Crippen molar-refractivity contribution in [1.29, 1.82) is 0 Å². The lowest BCUT2D eigenvalue weighted by molar-refractivity contribution is 0.0328. The zero-order chi connectivity index (χ0) is 17.5. The van der Waals surface area contributed by atoms with Gasteiger partial charge in [0.1, 0.15) is 0 Å².